The number of rotatable bonds is 2. The van der Waals surface area contributed by atoms with E-state index in [1.165, 1.54) is 17.7 Å². The molecule has 0 aliphatic heterocycles. The summed E-state index contributed by atoms with van der Waals surface area (Å²) >= 11 is 0. The van der Waals surface area contributed by atoms with Crippen molar-refractivity contribution >= 4 is 0 Å². The molecule has 0 unspecified atom stereocenters. The van der Waals surface area contributed by atoms with E-state index in [0.29, 0.717) is 11.8 Å². The molecule has 0 saturated carbocycles. The van der Waals surface area contributed by atoms with Crippen molar-refractivity contribution in [2.45, 2.75) is 26.7 Å². The van der Waals surface area contributed by atoms with Gasteiger partial charge in [0, 0.05) is 0 Å². The minimum atomic E-state index is -0.158. The number of halogens is 1. The van der Waals surface area contributed by atoms with Gasteiger partial charge in [-0.15, -0.1) is 0 Å². The van der Waals surface area contributed by atoms with Crippen LogP contribution in [-0.4, -0.2) is 0 Å². The zero-order chi connectivity index (χ0) is 9.14. The Balaban J connectivity index is 2.82. The second-order valence-electron chi connectivity index (χ2n) is 3.58. The minimum absolute atomic E-state index is 0.158. The van der Waals surface area contributed by atoms with Crippen LogP contribution in [0.1, 0.15) is 32.3 Å². The highest BCUT2D eigenvalue weighted by molar-refractivity contribution is 5.20. The van der Waals surface area contributed by atoms with Crippen LogP contribution in [0.2, 0.25) is 0 Å². The molecule has 0 aliphatic rings. The summed E-state index contributed by atoms with van der Waals surface area (Å²) in [7, 11) is 0. The lowest BCUT2D eigenvalue weighted by Gasteiger charge is -2.15. The lowest BCUT2D eigenvalue weighted by Crippen LogP contribution is -2.01. The topological polar surface area (TPSA) is 0 Å². The summed E-state index contributed by atoms with van der Waals surface area (Å²) in [6.45, 7) is 6.51. The Labute approximate surface area is 73.4 Å². The molecule has 1 heteroatoms. The van der Waals surface area contributed by atoms with Crippen LogP contribution in [0, 0.1) is 11.7 Å². The van der Waals surface area contributed by atoms with Crippen LogP contribution in [0.4, 0.5) is 4.39 Å². The molecule has 0 aromatic heterocycles. The van der Waals surface area contributed by atoms with Crippen molar-refractivity contribution in [2.75, 3.05) is 0 Å². The second-order valence-corrected chi connectivity index (χ2v) is 3.58. The summed E-state index contributed by atoms with van der Waals surface area (Å²) in [6.07, 6.45) is 0. The largest absolute Gasteiger partial charge is 0.207 e. The fourth-order valence-electron chi connectivity index (χ4n) is 1.15. The third-order valence-electron chi connectivity index (χ3n) is 2.40. The quantitative estimate of drug-likeness (QED) is 0.630. The van der Waals surface area contributed by atoms with Gasteiger partial charge >= 0.3 is 0 Å². The van der Waals surface area contributed by atoms with Crippen molar-refractivity contribution in [3.63, 3.8) is 0 Å². The number of hydrogen-bond acceptors (Lipinski definition) is 0. The van der Waals surface area contributed by atoms with Gasteiger partial charge in [0.25, 0.3) is 0 Å². The van der Waals surface area contributed by atoms with Crippen molar-refractivity contribution in [2.24, 2.45) is 5.92 Å². The van der Waals surface area contributed by atoms with E-state index in [1.807, 2.05) is 12.1 Å². The molecule has 0 fully saturated rings. The maximum Gasteiger partial charge on any atom is 0.123 e. The summed E-state index contributed by atoms with van der Waals surface area (Å²) in [4.78, 5) is 0. The van der Waals surface area contributed by atoms with Crippen molar-refractivity contribution in [1.82, 2.24) is 0 Å². The fourth-order valence-corrected chi connectivity index (χ4v) is 1.15. The Bertz CT molecular complexity index is 236. The Morgan fingerprint density at radius 2 is 1.50 bits per heavy atom. The van der Waals surface area contributed by atoms with Crippen LogP contribution >= 0.6 is 0 Å². The molecule has 1 aromatic rings. The molecule has 0 N–H and O–H groups in total. The van der Waals surface area contributed by atoms with Crippen molar-refractivity contribution < 1.29 is 4.39 Å². The minimum Gasteiger partial charge on any atom is -0.207 e. The molecule has 1 atom stereocenters. The molecule has 0 heterocycles. The van der Waals surface area contributed by atoms with Gasteiger partial charge in [0.1, 0.15) is 5.82 Å². The van der Waals surface area contributed by atoms with Crippen molar-refractivity contribution in [3.05, 3.63) is 35.6 Å². The molecule has 12 heavy (non-hydrogen) atoms. The van der Waals surface area contributed by atoms with E-state index >= 15 is 0 Å². The zero-order valence-corrected chi connectivity index (χ0v) is 7.84. The molecule has 0 spiro atoms. The van der Waals surface area contributed by atoms with Gasteiger partial charge in [-0.25, -0.2) is 4.39 Å². The van der Waals surface area contributed by atoms with Gasteiger partial charge in [-0.3, -0.25) is 0 Å². The van der Waals surface area contributed by atoms with Gasteiger partial charge in [0.2, 0.25) is 0 Å². The smallest absolute Gasteiger partial charge is 0.123 e. The molecule has 0 radical (unpaired) electrons. The van der Waals surface area contributed by atoms with Gasteiger partial charge in [-0.2, -0.15) is 0 Å². The van der Waals surface area contributed by atoms with Crippen LogP contribution in [0.3, 0.4) is 0 Å². The van der Waals surface area contributed by atoms with E-state index in [2.05, 4.69) is 20.8 Å². The average molecular weight is 166 g/mol. The lowest BCUT2D eigenvalue weighted by molar-refractivity contribution is 0.533. The highest BCUT2D eigenvalue weighted by Gasteiger charge is 2.08. The van der Waals surface area contributed by atoms with E-state index in [0.717, 1.165) is 0 Å². The molecule has 0 nitrogen and oxygen atoms in total. The molecule has 1 rings (SSSR count). The first-order valence-corrected chi connectivity index (χ1v) is 4.36. The molecule has 0 saturated heterocycles. The molecule has 66 valence electrons. The second kappa shape index (κ2) is 3.70. The Kier molecular flexibility index (Phi) is 2.85. The monoisotopic (exact) mass is 166 g/mol. The maximum absolute atomic E-state index is 12.6. The maximum atomic E-state index is 12.6. The van der Waals surface area contributed by atoms with Gasteiger partial charge in [0.05, 0.1) is 0 Å². The lowest BCUT2D eigenvalue weighted by atomic mass is 9.90. The van der Waals surface area contributed by atoms with Crippen LogP contribution in [0.25, 0.3) is 0 Å². The first-order valence-electron chi connectivity index (χ1n) is 4.36. The number of benzene rings is 1. The number of hydrogen-bond donors (Lipinski definition) is 0. The summed E-state index contributed by atoms with van der Waals surface area (Å²) in [5.74, 6) is 0.954. The van der Waals surface area contributed by atoms with E-state index in [-0.39, 0.29) is 5.82 Å². The van der Waals surface area contributed by atoms with Crippen molar-refractivity contribution in [1.29, 1.82) is 0 Å². The van der Waals surface area contributed by atoms with Crippen LogP contribution in [-0.2, 0) is 0 Å². The van der Waals surface area contributed by atoms with Crippen LogP contribution in [0.5, 0.6) is 0 Å². The first-order chi connectivity index (χ1) is 5.61. The van der Waals surface area contributed by atoms with Gasteiger partial charge in [0.15, 0.2) is 0 Å². The van der Waals surface area contributed by atoms with Gasteiger partial charge in [-0.05, 0) is 29.5 Å². The highest BCUT2D eigenvalue weighted by Crippen LogP contribution is 2.23. The normalized spacial score (nSPS) is 13.4. The zero-order valence-electron chi connectivity index (χ0n) is 7.84. The Hall–Kier alpha value is -0.850. The van der Waals surface area contributed by atoms with Crippen LogP contribution < -0.4 is 0 Å². The molecular formula is C11H15F. The highest BCUT2D eigenvalue weighted by atomic mass is 19.1. The average Bonchev–Trinajstić information content (AvgIpc) is 2.04. The van der Waals surface area contributed by atoms with E-state index in [9.17, 15) is 4.39 Å². The van der Waals surface area contributed by atoms with Crippen LogP contribution in [0.15, 0.2) is 24.3 Å². The fraction of sp³-hybridized carbons (Fsp3) is 0.455. The first kappa shape index (κ1) is 9.24. The molecule has 0 bridgehead atoms. The predicted molar refractivity (Wildman–Crippen MR) is 49.7 cm³/mol. The third-order valence-corrected chi connectivity index (χ3v) is 2.40. The molecule has 0 aliphatic carbocycles. The molecular weight excluding hydrogens is 151 g/mol. The third kappa shape index (κ3) is 2.07. The van der Waals surface area contributed by atoms with Gasteiger partial charge < -0.3 is 0 Å². The van der Waals surface area contributed by atoms with E-state index in [1.54, 1.807) is 0 Å². The van der Waals surface area contributed by atoms with E-state index in [4.69, 9.17) is 0 Å². The summed E-state index contributed by atoms with van der Waals surface area (Å²) < 4.78 is 12.6. The summed E-state index contributed by atoms with van der Waals surface area (Å²) in [5.41, 5.74) is 1.21. The summed E-state index contributed by atoms with van der Waals surface area (Å²) in [5, 5.41) is 0. The molecule has 0 amide bonds. The Morgan fingerprint density at radius 1 is 1.00 bits per heavy atom. The Morgan fingerprint density at radius 3 is 1.92 bits per heavy atom. The standard InChI is InChI=1S/C11H15F/c1-8(2)9(3)10-4-6-11(12)7-5-10/h4-9H,1-3H3/t9-/m0/s1. The van der Waals surface area contributed by atoms with Crippen molar-refractivity contribution in [3.8, 4) is 0 Å². The van der Waals surface area contributed by atoms with Gasteiger partial charge in [-0.1, -0.05) is 32.9 Å². The summed E-state index contributed by atoms with van der Waals surface area (Å²) in [6, 6.07) is 6.77. The molecule has 1 aromatic carbocycles. The SMILES string of the molecule is CC(C)[C@H](C)c1ccc(F)cc1. The van der Waals surface area contributed by atoms with E-state index < -0.39 is 0 Å². The predicted octanol–water partition coefficient (Wildman–Crippen LogP) is 3.59.